The molecule has 0 unspecified atom stereocenters. The largest absolute Gasteiger partial charge is 0.497 e. The average Bonchev–Trinajstić information content (AvgIpc) is 2.65. The fourth-order valence-electron chi connectivity index (χ4n) is 2.17. The number of carbonyl (C=O) groups is 1. The van der Waals surface area contributed by atoms with Gasteiger partial charge in [-0.15, -0.1) is 0 Å². The SMILES string of the molecule is COc1cccc(CN/C=C(/C#N)C(=O)Nc2cccc(C(F)(F)F)c2)c1. The van der Waals surface area contributed by atoms with Gasteiger partial charge in [-0.05, 0) is 35.9 Å². The molecule has 8 heteroatoms. The van der Waals surface area contributed by atoms with Crippen LogP contribution in [0.15, 0.2) is 60.3 Å². The second kappa shape index (κ2) is 8.76. The van der Waals surface area contributed by atoms with Crippen LogP contribution in [0.1, 0.15) is 11.1 Å². The molecule has 5 nitrogen and oxygen atoms in total. The maximum Gasteiger partial charge on any atom is 0.416 e. The van der Waals surface area contributed by atoms with Gasteiger partial charge in [0, 0.05) is 18.4 Å². The van der Waals surface area contributed by atoms with E-state index in [4.69, 9.17) is 10.00 Å². The van der Waals surface area contributed by atoms with Crippen LogP contribution < -0.4 is 15.4 Å². The summed E-state index contributed by atoms with van der Waals surface area (Å²) in [7, 11) is 1.54. The van der Waals surface area contributed by atoms with Crippen LogP contribution in [0, 0.1) is 11.3 Å². The van der Waals surface area contributed by atoms with Crippen molar-refractivity contribution in [3.63, 3.8) is 0 Å². The zero-order chi connectivity index (χ0) is 19.9. The number of methoxy groups -OCH3 is 1. The average molecular weight is 375 g/mol. The first kappa shape index (κ1) is 19.8. The van der Waals surface area contributed by atoms with Crippen molar-refractivity contribution < 1.29 is 22.7 Å². The van der Waals surface area contributed by atoms with Gasteiger partial charge in [0.1, 0.15) is 17.4 Å². The highest BCUT2D eigenvalue weighted by molar-refractivity contribution is 6.06. The number of alkyl halides is 3. The molecule has 2 rings (SSSR count). The van der Waals surface area contributed by atoms with Crippen molar-refractivity contribution in [2.24, 2.45) is 0 Å². The molecule has 1 amide bonds. The quantitative estimate of drug-likeness (QED) is 0.594. The molecule has 0 saturated heterocycles. The molecule has 0 radical (unpaired) electrons. The number of amides is 1. The van der Waals surface area contributed by atoms with E-state index >= 15 is 0 Å². The summed E-state index contributed by atoms with van der Waals surface area (Å²) < 4.78 is 43.3. The molecule has 0 aliphatic carbocycles. The van der Waals surface area contributed by atoms with Gasteiger partial charge >= 0.3 is 6.18 Å². The van der Waals surface area contributed by atoms with Crippen molar-refractivity contribution in [1.82, 2.24) is 5.32 Å². The summed E-state index contributed by atoms with van der Waals surface area (Å²) in [6, 6.07) is 13.1. The lowest BCUT2D eigenvalue weighted by Gasteiger charge is -2.10. The van der Waals surface area contributed by atoms with Crippen molar-refractivity contribution in [3.05, 3.63) is 71.4 Å². The number of nitriles is 1. The number of nitrogens with zero attached hydrogens (tertiary/aromatic N) is 1. The van der Waals surface area contributed by atoms with Gasteiger partial charge in [0.05, 0.1) is 12.7 Å². The van der Waals surface area contributed by atoms with E-state index in [1.807, 2.05) is 6.07 Å². The highest BCUT2D eigenvalue weighted by Gasteiger charge is 2.30. The lowest BCUT2D eigenvalue weighted by Crippen LogP contribution is -2.17. The lowest BCUT2D eigenvalue weighted by atomic mass is 10.2. The molecule has 0 atom stereocenters. The van der Waals surface area contributed by atoms with E-state index in [9.17, 15) is 18.0 Å². The number of anilines is 1. The normalized spacial score (nSPS) is 11.4. The van der Waals surface area contributed by atoms with Crippen LogP contribution in [0.25, 0.3) is 0 Å². The topological polar surface area (TPSA) is 74.1 Å². The molecule has 0 aliphatic heterocycles. The third-order valence-corrected chi connectivity index (χ3v) is 3.50. The van der Waals surface area contributed by atoms with Gasteiger partial charge in [-0.1, -0.05) is 18.2 Å². The van der Waals surface area contributed by atoms with E-state index in [2.05, 4.69) is 10.6 Å². The van der Waals surface area contributed by atoms with Gasteiger partial charge in [0.2, 0.25) is 0 Å². The van der Waals surface area contributed by atoms with Crippen molar-refractivity contribution in [1.29, 1.82) is 5.26 Å². The van der Waals surface area contributed by atoms with Gasteiger partial charge in [-0.2, -0.15) is 18.4 Å². The fraction of sp³-hybridized carbons (Fsp3) is 0.158. The van der Waals surface area contributed by atoms with Gasteiger partial charge in [-0.3, -0.25) is 4.79 Å². The molecule has 0 heterocycles. The van der Waals surface area contributed by atoms with E-state index in [1.165, 1.54) is 18.3 Å². The first-order valence-corrected chi connectivity index (χ1v) is 7.78. The van der Waals surface area contributed by atoms with E-state index < -0.39 is 17.6 Å². The Bertz CT molecular complexity index is 886. The maximum atomic E-state index is 12.7. The number of halogens is 3. The van der Waals surface area contributed by atoms with Crippen molar-refractivity contribution in [2.75, 3.05) is 12.4 Å². The summed E-state index contributed by atoms with van der Waals surface area (Å²) >= 11 is 0. The molecular weight excluding hydrogens is 359 g/mol. The Morgan fingerprint density at radius 1 is 1.22 bits per heavy atom. The Morgan fingerprint density at radius 2 is 1.96 bits per heavy atom. The molecule has 0 aromatic heterocycles. The van der Waals surface area contributed by atoms with E-state index in [1.54, 1.807) is 31.4 Å². The van der Waals surface area contributed by atoms with Crippen LogP contribution in [-0.4, -0.2) is 13.0 Å². The molecule has 2 aromatic carbocycles. The Labute approximate surface area is 154 Å². The molecule has 27 heavy (non-hydrogen) atoms. The van der Waals surface area contributed by atoms with Gasteiger partial charge < -0.3 is 15.4 Å². The van der Waals surface area contributed by atoms with Crippen molar-refractivity contribution in [2.45, 2.75) is 12.7 Å². The Kier molecular flexibility index (Phi) is 6.44. The minimum absolute atomic E-state index is 0.0521. The van der Waals surface area contributed by atoms with Crippen LogP contribution in [-0.2, 0) is 17.5 Å². The predicted molar refractivity (Wildman–Crippen MR) is 93.6 cm³/mol. The smallest absolute Gasteiger partial charge is 0.416 e. The van der Waals surface area contributed by atoms with Crippen LogP contribution in [0.3, 0.4) is 0 Å². The van der Waals surface area contributed by atoms with Crippen LogP contribution >= 0.6 is 0 Å². The Balaban J connectivity index is 2.03. The number of carbonyl (C=O) groups excluding carboxylic acids is 1. The second-order valence-electron chi connectivity index (χ2n) is 5.43. The number of nitrogens with one attached hydrogen (secondary N) is 2. The number of rotatable bonds is 6. The number of hydrogen-bond acceptors (Lipinski definition) is 4. The summed E-state index contributed by atoms with van der Waals surface area (Å²) in [6.45, 7) is 0.333. The third kappa shape index (κ3) is 5.78. The van der Waals surface area contributed by atoms with E-state index in [0.29, 0.717) is 12.3 Å². The van der Waals surface area contributed by atoms with Crippen molar-refractivity contribution in [3.8, 4) is 11.8 Å². The maximum absolute atomic E-state index is 12.7. The summed E-state index contributed by atoms with van der Waals surface area (Å²) in [5.41, 5.74) is -0.348. The number of ether oxygens (including phenoxy) is 1. The first-order valence-electron chi connectivity index (χ1n) is 7.78. The minimum atomic E-state index is -4.52. The van der Waals surface area contributed by atoms with E-state index in [-0.39, 0.29) is 11.3 Å². The molecule has 2 aromatic rings. The summed E-state index contributed by atoms with van der Waals surface area (Å²) in [6.07, 6.45) is -3.31. The van der Waals surface area contributed by atoms with Gasteiger partial charge in [0.25, 0.3) is 5.91 Å². The predicted octanol–water partition coefficient (Wildman–Crippen LogP) is 3.85. The lowest BCUT2D eigenvalue weighted by molar-refractivity contribution is -0.137. The molecule has 0 spiro atoms. The highest BCUT2D eigenvalue weighted by Crippen LogP contribution is 2.30. The molecule has 0 saturated carbocycles. The number of benzene rings is 2. The first-order chi connectivity index (χ1) is 12.8. The van der Waals surface area contributed by atoms with Crippen LogP contribution in [0.4, 0.5) is 18.9 Å². The van der Waals surface area contributed by atoms with Gasteiger partial charge in [-0.25, -0.2) is 0 Å². The second-order valence-corrected chi connectivity index (χ2v) is 5.43. The van der Waals surface area contributed by atoms with Crippen molar-refractivity contribution >= 4 is 11.6 Å². The molecular formula is C19H16F3N3O2. The molecule has 0 fully saturated rings. The summed E-state index contributed by atoms with van der Waals surface area (Å²) in [4.78, 5) is 12.1. The molecule has 0 aliphatic rings. The third-order valence-electron chi connectivity index (χ3n) is 3.50. The zero-order valence-corrected chi connectivity index (χ0v) is 14.3. The fourth-order valence-corrected chi connectivity index (χ4v) is 2.17. The Morgan fingerprint density at radius 3 is 2.63 bits per heavy atom. The van der Waals surface area contributed by atoms with Crippen LogP contribution in [0.2, 0.25) is 0 Å². The molecule has 0 bridgehead atoms. The minimum Gasteiger partial charge on any atom is -0.497 e. The van der Waals surface area contributed by atoms with Crippen LogP contribution in [0.5, 0.6) is 5.75 Å². The van der Waals surface area contributed by atoms with Gasteiger partial charge in [0.15, 0.2) is 0 Å². The van der Waals surface area contributed by atoms with E-state index in [0.717, 1.165) is 17.7 Å². The molecule has 2 N–H and O–H groups in total. The summed E-state index contributed by atoms with van der Waals surface area (Å²) in [5, 5.41) is 14.2. The number of hydrogen-bond donors (Lipinski definition) is 2. The monoisotopic (exact) mass is 375 g/mol. The zero-order valence-electron chi connectivity index (χ0n) is 14.3. The molecule has 140 valence electrons. The highest BCUT2D eigenvalue weighted by atomic mass is 19.4. The Hall–Kier alpha value is -3.47. The summed E-state index contributed by atoms with van der Waals surface area (Å²) in [5.74, 6) is -0.143. The standard InChI is InChI=1S/C19H16F3N3O2/c1-27-17-7-2-4-13(8-17)11-24-12-14(10-23)18(26)25-16-6-3-5-15(9-16)19(20,21)22/h2-9,12,24H,11H2,1H3,(H,25,26)/b14-12-.